The molecule has 0 aromatic heterocycles. The fraction of sp³-hybridized carbons (Fsp3) is 0.381. The van der Waals surface area contributed by atoms with Crippen molar-refractivity contribution < 1.29 is 17.9 Å². The molecule has 0 heterocycles. The predicted octanol–water partition coefficient (Wildman–Crippen LogP) is 3.30. The van der Waals surface area contributed by atoms with Crippen molar-refractivity contribution in [2.45, 2.75) is 49.1 Å². The number of hydrogen-bond acceptors (Lipinski definition) is 4. The lowest BCUT2D eigenvalue weighted by molar-refractivity contribution is -0.123. The summed E-state index contributed by atoms with van der Waals surface area (Å²) in [4.78, 5) is 12.9. The van der Waals surface area contributed by atoms with Gasteiger partial charge in [0.15, 0.2) is 0 Å². The summed E-state index contributed by atoms with van der Waals surface area (Å²) in [5, 5.41) is 3.18. The minimum absolute atomic E-state index is 0.0185. The highest BCUT2D eigenvalue weighted by atomic mass is 35.5. The smallest absolute Gasteiger partial charge is 0.241 e. The van der Waals surface area contributed by atoms with E-state index in [4.69, 9.17) is 16.3 Å². The molecule has 1 atom stereocenters. The van der Waals surface area contributed by atoms with Gasteiger partial charge in [0.25, 0.3) is 0 Å². The van der Waals surface area contributed by atoms with Crippen LogP contribution in [-0.4, -0.2) is 33.5 Å². The summed E-state index contributed by atoms with van der Waals surface area (Å²) >= 11 is 6.08. The first-order valence-electron chi connectivity index (χ1n) is 9.59. The first kappa shape index (κ1) is 21.6. The Kier molecular flexibility index (Phi) is 7.16. The molecule has 0 unspecified atom stereocenters. The molecule has 29 heavy (non-hydrogen) atoms. The van der Waals surface area contributed by atoms with Crippen molar-refractivity contribution in [3.8, 4) is 5.75 Å². The van der Waals surface area contributed by atoms with Crippen LogP contribution >= 0.6 is 11.6 Å². The van der Waals surface area contributed by atoms with Gasteiger partial charge in [-0.3, -0.25) is 4.79 Å². The second-order valence-corrected chi connectivity index (χ2v) is 9.27. The molecule has 156 valence electrons. The number of methoxy groups -OCH3 is 1. The molecule has 1 aliphatic carbocycles. The molecule has 1 aliphatic rings. The quantitative estimate of drug-likeness (QED) is 0.665. The van der Waals surface area contributed by atoms with Gasteiger partial charge in [0.05, 0.1) is 17.0 Å². The number of amides is 1. The maximum Gasteiger partial charge on any atom is 0.241 e. The molecule has 2 aromatic rings. The molecule has 1 amide bonds. The molecule has 6 nitrogen and oxygen atoms in total. The molecule has 0 saturated heterocycles. The van der Waals surface area contributed by atoms with Crippen molar-refractivity contribution in [3.63, 3.8) is 0 Å². The van der Waals surface area contributed by atoms with Crippen molar-refractivity contribution in [3.05, 3.63) is 59.1 Å². The number of carbonyl (C=O) groups is 1. The summed E-state index contributed by atoms with van der Waals surface area (Å²) in [5.74, 6) is 0.0642. The number of halogens is 1. The molecule has 1 fully saturated rings. The Bertz CT molecular complexity index is 944. The minimum atomic E-state index is -3.96. The highest BCUT2D eigenvalue weighted by Gasteiger charge is 2.28. The Morgan fingerprint density at radius 3 is 2.48 bits per heavy atom. The molecule has 0 bridgehead atoms. The van der Waals surface area contributed by atoms with Crippen LogP contribution in [0.2, 0.25) is 5.02 Å². The van der Waals surface area contributed by atoms with E-state index in [1.54, 1.807) is 0 Å². The van der Waals surface area contributed by atoms with E-state index in [1.807, 2.05) is 30.3 Å². The SMILES string of the molecule is COc1ccc(S(=O)(=O)N[C@H](Cc2ccccc2)C(=O)NC2CCCC2)cc1Cl. The van der Waals surface area contributed by atoms with E-state index in [0.717, 1.165) is 31.2 Å². The summed E-state index contributed by atoms with van der Waals surface area (Å²) in [6.45, 7) is 0. The van der Waals surface area contributed by atoms with Crippen molar-refractivity contribution in [1.29, 1.82) is 0 Å². The van der Waals surface area contributed by atoms with E-state index in [0.29, 0.717) is 5.75 Å². The Morgan fingerprint density at radius 1 is 1.17 bits per heavy atom. The van der Waals surface area contributed by atoms with Gasteiger partial charge in [0.2, 0.25) is 15.9 Å². The van der Waals surface area contributed by atoms with Crippen molar-refractivity contribution in [2.24, 2.45) is 0 Å². The zero-order valence-corrected chi connectivity index (χ0v) is 17.8. The average molecular weight is 437 g/mol. The molecule has 0 spiro atoms. The Hall–Kier alpha value is -2.09. The second-order valence-electron chi connectivity index (χ2n) is 7.15. The van der Waals surface area contributed by atoms with Crippen LogP contribution in [0.15, 0.2) is 53.4 Å². The van der Waals surface area contributed by atoms with Crippen LogP contribution in [0.1, 0.15) is 31.2 Å². The highest BCUT2D eigenvalue weighted by Crippen LogP contribution is 2.27. The highest BCUT2D eigenvalue weighted by molar-refractivity contribution is 7.89. The van der Waals surface area contributed by atoms with Crippen LogP contribution in [0.5, 0.6) is 5.75 Å². The lowest BCUT2D eigenvalue weighted by Crippen LogP contribution is -2.50. The van der Waals surface area contributed by atoms with Crippen molar-refractivity contribution in [1.82, 2.24) is 10.0 Å². The molecular formula is C21H25ClN2O4S. The molecule has 3 rings (SSSR count). The van der Waals surface area contributed by atoms with E-state index < -0.39 is 16.1 Å². The summed E-state index contributed by atoms with van der Waals surface area (Å²) in [6.07, 6.45) is 4.24. The lowest BCUT2D eigenvalue weighted by atomic mass is 10.1. The van der Waals surface area contributed by atoms with Gasteiger partial charge >= 0.3 is 0 Å². The maximum atomic E-state index is 12.9. The van der Waals surface area contributed by atoms with E-state index in [9.17, 15) is 13.2 Å². The lowest BCUT2D eigenvalue weighted by Gasteiger charge is -2.21. The number of benzene rings is 2. The Labute approximate surface area is 176 Å². The summed E-state index contributed by atoms with van der Waals surface area (Å²) in [6, 6.07) is 12.7. The van der Waals surface area contributed by atoms with Gasteiger partial charge in [-0.2, -0.15) is 4.72 Å². The first-order valence-corrected chi connectivity index (χ1v) is 11.5. The normalized spacial score (nSPS) is 15.8. The fourth-order valence-electron chi connectivity index (χ4n) is 3.48. The number of ether oxygens (including phenoxy) is 1. The van der Waals surface area contributed by atoms with Gasteiger partial charge in [0, 0.05) is 6.04 Å². The summed E-state index contributed by atoms with van der Waals surface area (Å²) in [5.41, 5.74) is 0.870. The molecule has 8 heteroatoms. The van der Waals surface area contributed by atoms with Crippen LogP contribution in [0.25, 0.3) is 0 Å². The van der Waals surface area contributed by atoms with E-state index >= 15 is 0 Å². The second kappa shape index (κ2) is 9.61. The van der Waals surface area contributed by atoms with Crippen molar-refractivity contribution in [2.75, 3.05) is 7.11 Å². The maximum absolute atomic E-state index is 12.9. The molecule has 2 N–H and O–H groups in total. The Morgan fingerprint density at radius 2 is 1.86 bits per heavy atom. The fourth-order valence-corrected chi connectivity index (χ4v) is 5.02. The third kappa shape index (κ3) is 5.72. The van der Waals surface area contributed by atoms with Gasteiger partial charge in [-0.1, -0.05) is 54.8 Å². The third-order valence-electron chi connectivity index (χ3n) is 5.03. The largest absolute Gasteiger partial charge is 0.495 e. The zero-order chi connectivity index (χ0) is 20.9. The zero-order valence-electron chi connectivity index (χ0n) is 16.2. The standard InChI is InChI=1S/C21H25ClN2O4S/c1-28-20-12-11-17(14-18(20)22)29(26,27)24-19(13-15-7-3-2-4-8-15)21(25)23-16-9-5-6-10-16/h2-4,7-8,11-12,14,16,19,24H,5-6,9-10,13H2,1H3,(H,23,25)/t19-/m1/s1. The number of sulfonamides is 1. The van der Waals surface area contributed by atoms with Gasteiger partial charge in [-0.25, -0.2) is 8.42 Å². The summed E-state index contributed by atoms with van der Waals surface area (Å²) in [7, 11) is -2.50. The average Bonchev–Trinajstić information content (AvgIpc) is 3.21. The number of nitrogens with one attached hydrogen (secondary N) is 2. The van der Waals surface area contributed by atoms with E-state index in [2.05, 4.69) is 10.0 Å². The minimum Gasteiger partial charge on any atom is -0.495 e. The van der Waals surface area contributed by atoms with Crippen LogP contribution in [0.4, 0.5) is 0 Å². The monoisotopic (exact) mass is 436 g/mol. The van der Waals surface area contributed by atoms with Gasteiger partial charge < -0.3 is 10.1 Å². The van der Waals surface area contributed by atoms with Gasteiger partial charge in [-0.15, -0.1) is 0 Å². The topological polar surface area (TPSA) is 84.5 Å². The number of hydrogen-bond donors (Lipinski definition) is 2. The first-order chi connectivity index (χ1) is 13.9. The van der Waals surface area contributed by atoms with Crippen LogP contribution in [0.3, 0.4) is 0 Å². The number of rotatable bonds is 8. The van der Waals surface area contributed by atoms with Crippen LogP contribution in [-0.2, 0) is 21.2 Å². The molecule has 0 aliphatic heterocycles. The van der Waals surface area contributed by atoms with Gasteiger partial charge in [0.1, 0.15) is 11.8 Å². The third-order valence-corrected chi connectivity index (χ3v) is 6.80. The molecular weight excluding hydrogens is 412 g/mol. The van der Waals surface area contributed by atoms with Crippen molar-refractivity contribution >= 4 is 27.5 Å². The molecule has 1 saturated carbocycles. The number of carbonyl (C=O) groups excluding carboxylic acids is 1. The van der Waals surface area contributed by atoms with E-state index in [1.165, 1.54) is 25.3 Å². The molecule has 0 radical (unpaired) electrons. The molecule has 2 aromatic carbocycles. The van der Waals surface area contributed by atoms with Crippen LogP contribution < -0.4 is 14.8 Å². The van der Waals surface area contributed by atoms with Crippen LogP contribution in [0, 0.1) is 0 Å². The Balaban J connectivity index is 1.82. The van der Waals surface area contributed by atoms with E-state index in [-0.39, 0.29) is 28.3 Å². The van der Waals surface area contributed by atoms with Gasteiger partial charge in [-0.05, 0) is 43.0 Å². The summed E-state index contributed by atoms with van der Waals surface area (Å²) < 4.78 is 33.5. The predicted molar refractivity (Wildman–Crippen MR) is 113 cm³/mol.